The van der Waals surface area contributed by atoms with Gasteiger partial charge in [0, 0.05) is 24.5 Å². The normalized spacial score (nSPS) is 19.4. The Bertz CT molecular complexity index is 419. The molecule has 0 saturated carbocycles. The second-order valence-electron chi connectivity index (χ2n) is 4.51. The highest BCUT2D eigenvalue weighted by Gasteiger charge is 2.21. The second kappa shape index (κ2) is 7.38. The number of nitrogens with one attached hydrogen (secondary N) is 1. The number of thiophene rings is 1. The first kappa shape index (κ1) is 15.0. The van der Waals surface area contributed by atoms with Crippen molar-refractivity contribution in [3.63, 3.8) is 0 Å². The van der Waals surface area contributed by atoms with E-state index in [9.17, 15) is 4.79 Å². The molecule has 1 unspecified atom stereocenters. The van der Waals surface area contributed by atoms with Gasteiger partial charge in [-0.3, -0.25) is 4.79 Å². The molecule has 0 radical (unpaired) electrons. The van der Waals surface area contributed by atoms with Crippen molar-refractivity contribution in [1.29, 1.82) is 0 Å². The van der Waals surface area contributed by atoms with Crippen molar-refractivity contribution in [3.8, 4) is 0 Å². The summed E-state index contributed by atoms with van der Waals surface area (Å²) in [5.41, 5.74) is 0. The smallest absolute Gasteiger partial charge is 0.225 e. The Labute approximate surface area is 126 Å². The van der Waals surface area contributed by atoms with Gasteiger partial charge in [-0.05, 0) is 35.0 Å². The number of carbonyl (C=O) groups is 1. The van der Waals surface area contributed by atoms with Crippen LogP contribution in [0, 0.1) is 0 Å². The average Bonchev–Trinajstić information content (AvgIpc) is 2.82. The first-order valence-corrected chi connectivity index (χ1v) is 8.14. The van der Waals surface area contributed by atoms with Crippen LogP contribution >= 0.6 is 27.3 Å². The van der Waals surface area contributed by atoms with Gasteiger partial charge in [0.2, 0.25) is 5.91 Å². The molecule has 0 aromatic carbocycles. The monoisotopic (exact) mass is 346 g/mol. The van der Waals surface area contributed by atoms with Crippen molar-refractivity contribution in [2.24, 2.45) is 0 Å². The molecule has 1 aliphatic heterocycles. The molecule has 0 aliphatic carbocycles. The maximum absolute atomic E-state index is 12.3. The molecule has 1 aliphatic rings. The molecule has 0 bridgehead atoms. The van der Waals surface area contributed by atoms with Gasteiger partial charge in [0.05, 0.1) is 29.5 Å². The van der Waals surface area contributed by atoms with Crippen molar-refractivity contribution in [2.75, 3.05) is 26.2 Å². The third-order valence-electron chi connectivity index (χ3n) is 3.12. The Morgan fingerprint density at radius 1 is 1.63 bits per heavy atom. The molecule has 1 aromatic rings. The molecule has 2 heterocycles. The molecule has 19 heavy (non-hydrogen) atoms. The second-order valence-corrected chi connectivity index (χ2v) is 7.06. The number of ether oxygens (including phenoxy) is 1. The highest BCUT2D eigenvalue weighted by atomic mass is 79.9. The van der Waals surface area contributed by atoms with E-state index in [1.54, 1.807) is 11.3 Å². The summed E-state index contributed by atoms with van der Waals surface area (Å²) in [4.78, 5) is 15.3. The third kappa shape index (κ3) is 4.56. The quantitative estimate of drug-likeness (QED) is 0.888. The lowest BCUT2D eigenvalue weighted by Crippen LogP contribution is -2.42. The fourth-order valence-corrected chi connectivity index (χ4v) is 3.57. The van der Waals surface area contributed by atoms with E-state index in [2.05, 4.69) is 27.3 Å². The van der Waals surface area contributed by atoms with Crippen LogP contribution in [0.15, 0.2) is 15.9 Å². The van der Waals surface area contributed by atoms with E-state index in [1.165, 1.54) is 4.88 Å². The van der Waals surface area contributed by atoms with Crippen molar-refractivity contribution in [3.05, 3.63) is 20.8 Å². The SMILES string of the molecule is CCN(Cc1ccc(Br)s1)C(=O)CC1CNCCO1. The number of carbonyl (C=O) groups excluding carboxylic acids is 1. The van der Waals surface area contributed by atoms with Crippen LogP contribution in [0.2, 0.25) is 0 Å². The molecule has 1 fully saturated rings. The van der Waals surface area contributed by atoms with Crippen molar-refractivity contribution < 1.29 is 9.53 Å². The van der Waals surface area contributed by atoms with Crippen LogP contribution in [0.4, 0.5) is 0 Å². The average molecular weight is 347 g/mol. The zero-order valence-electron chi connectivity index (χ0n) is 11.0. The van der Waals surface area contributed by atoms with Crippen LogP contribution in [0.1, 0.15) is 18.2 Å². The summed E-state index contributed by atoms with van der Waals surface area (Å²) in [6.07, 6.45) is 0.485. The molecule has 1 atom stereocenters. The van der Waals surface area contributed by atoms with Gasteiger partial charge in [0.25, 0.3) is 0 Å². The highest BCUT2D eigenvalue weighted by molar-refractivity contribution is 9.11. The maximum Gasteiger partial charge on any atom is 0.225 e. The largest absolute Gasteiger partial charge is 0.375 e. The van der Waals surface area contributed by atoms with Gasteiger partial charge in [0.1, 0.15) is 0 Å². The van der Waals surface area contributed by atoms with Gasteiger partial charge >= 0.3 is 0 Å². The van der Waals surface area contributed by atoms with Gasteiger partial charge in [0.15, 0.2) is 0 Å². The predicted octanol–water partition coefficient (Wildman–Crippen LogP) is 2.24. The lowest BCUT2D eigenvalue weighted by Gasteiger charge is -2.26. The summed E-state index contributed by atoms with van der Waals surface area (Å²) < 4.78 is 6.69. The number of amides is 1. The zero-order valence-corrected chi connectivity index (χ0v) is 13.4. The molecular formula is C13H19BrN2O2S. The minimum atomic E-state index is 0.0189. The van der Waals surface area contributed by atoms with Gasteiger partial charge in [-0.2, -0.15) is 0 Å². The van der Waals surface area contributed by atoms with E-state index >= 15 is 0 Å². The molecule has 0 spiro atoms. The third-order valence-corrected chi connectivity index (χ3v) is 4.73. The number of nitrogens with zero attached hydrogens (tertiary/aromatic N) is 1. The first-order chi connectivity index (χ1) is 9.19. The summed E-state index contributed by atoms with van der Waals surface area (Å²) in [7, 11) is 0. The molecule has 6 heteroatoms. The van der Waals surface area contributed by atoms with Gasteiger partial charge < -0.3 is 15.0 Å². The summed E-state index contributed by atoms with van der Waals surface area (Å²) in [6.45, 7) is 5.78. The van der Waals surface area contributed by atoms with Gasteiger partial charge in [-0.25, -0.2) is 0 Å². The van der Waals surface area contributed by atoms with Crippen LogP contribution in [0.25, 0.3) is 0 Å². The van der Waals surface area contributed by atoms with Crippen LogP contribution < -0.4 is 5.32 Å². The van der Waals surface area contributed by atoms with Crippen LogP contribution in [-0.2, 0) is 16.1 Å². The fraction of sp³-hybridized carbons (Fsp3) is 0.615. The highest BCUT2D eigenvalue weighted by Crippen LogP contribution is 2.23. The van der Waals surface area contributed by atoms with Crippen LogP contribution in [0.5, 0.6) is 0 Å². The maximum atomic E-state index is 12.3. The van der Waals surface area contributed by atoms with E-state index in [1.807, 2.05) is 17.9 Å². The lowest BCUT2D eigenvalue weighted by atomic mass is 10.2. The topological polar surface area (TPSA) is 41.6 Å². The van der Waals surface area contributed by atoms with E-state index in [0.717, 1.165) is 23.4 Å². The van der Waals surface area contributed by atoms with E-state index in [4.69, 9.17) is 4.74 Å². The van der Waals surface area contributed by atoms with Crippen LogP contribution in [-0.4, -0.2) is 43.2 Å². The Kier molecular flexibility index (Phi) is 5.81. The molecule has 1 aromatic heterocycles. The Balaban J connectivity index is 1.87. The molecule has 1 amide bonds. The standard InChI is InChI=1S/C13H19BrN2O2S/c1-2-16(9-11-3-4-12(14)19-11)13(17)7-10-8-15-5-6-18-10/h3-4,10,15H,2,5-9H2,1H3. The van der Waals surface area contributed by atoms with Gasteiger partial charge in [-0.1, -0.05) is 0 Å². The zero-order chi connectivity index (χ0) is 13.7. The minimum absolute atomic E-state index is 0.0189. The first-order valence-electron chi connectivity index (χ1n) is 6.53. The minimum Gasteiger partial charge on any atom is -0.375 e. The summed E-state index contributed by atoms with van der Waals surface area (Å²) in [5, 5.41) is 3.25. The van der Waals surface area contributed by atoms with Crippen molar-refractivity contribution >= 4 is 33.2 Å². The number of hydrogen-bond donors (Lipinski definition) is 1. The molecule has 106 valence electrons. The molecule has 1 N–H and O–H groups in total. The Hall–Kier alpha value is -0.430. The number of morpholine rings is 1. The molecule has 2 rings (SSSR count). The summed E-state index contributed by atoms with van der Waals surface area (Å²) in [6, 6.07) is 4.08. The number of hydrogen-bond acceptors (Lipinski definition) is 4. The predicted molar refractivity (Wildman–Crippen MR) is 80.3 cm³/mol. The number of halogens is 1. The van der Waals surface area contributed by atoms with Gasteiger partial charge in [-0.15, -0.1) is 11.3 Å². The van der Waals surface area contributed by atoms with Crippen LogP contribution in [0.3, 0.4) is 0 Å². The van der Waals surface area contributed by atoms with Crippen molar-refractivity contribution in [2.45, 2.75) is 26.0 Å². The van der Waals surface area contributed by atoms with E-state index < -0.39 is 0 Å². The van der Waals surface area contributed by atoms with Crippen molar-refractivity contribution in [1.82, 2.24) is 10.2 Å². The molecular weight excluding hydrogens is 328 g/mol. The van der Waals surface area contributed by atoms with E-state index in [0.29, 0.717) is 19.6 Å². The number of rotatable bonds is 5. The Morgan fingerprint density at radius 3 is 3.05 bits per heavy atom. The summed E-state index contributed by atoms with van der Waals surface area (Å²) >= 11 is 5.12. The summed E-state index contributed by atoms with van der Waals surface area (Å²) in [5.74, 6) is 0.167. The van der Waals surface area contributed by atoms with E-state index in [-0.39, 0.29) is 12.0 Å². The molecule has 1 saturated heterocycles. The lowest BCUT2D eigenvalue weighted by molar-refractivity contribution is -0.135. The molecule has 4 nitrogen and oxygen atoms in total. The fourth-order valence-electron chi connectivity index (χ4n) is 2.08. The Morgan fingerprint density at radius 2 is 2.47 bits per heavy atom.